The molecular weight excluding hydrogens is 356 g/mol. The fraction of sp³-hybridized carbons (Fsp3) is 0.364. The normalized spacial score (nSPS) is 14.4. The van der Waals surface area contributed by atoms with Crippen molar-refractivity contribution in [3.8, 4) is 5.75 Å². The van der Waals surface area contributed by atoms with Crippen LogP contribution >= 0.6 is 0 Å². The van der Waals surface area contributed by atoms with Gasteiger partial charge >= 0.3 is 0 Å². The van der Waals surface area contributed by atoms with Crippen molar-refractivity contribution in [1.82, 2.24) is 4.90 Å². The van der Waals surface area contributed by atoms with Crippen LogP contribution in [0.15, 0.2) is 54.6 Å². The lowest BCUT2D eigenvalue weighted by atomic mass is 9.90. The van der Waals surface area contributed by atoms with Crippen molar-refractivity contribution in [3.63, 3.8) is 0 Å². The first kappa shape index (κ1) is 19.9. The summed E-state index contributed by atoms with van der Waals surface area (Å²) in [6.45, 7) is 5.83. The molecule has 0 aliphatic carbocycles. The van der Waals surface area contributed by atoms with Gasteiger partial charge in [-0.2, -0.15) is 0 Å². The molecule has 1 N–H and O–H groups in total. The average Bonchev–Trinajstić information content (AvgIpc) is 2.74. The molecule has 1 heterocycles. The molecule has 1 fully saturated rings. The van der Waals surface area contributed by atoms with Crippen molar-refractivity contribution < 1.29 is 19.1 Å². The maximum Gasteiger partial charge on any atom is 0.239 e. The highest BCUT2D eigenvalue weighted by Gasteiger charge is 2.39. The molecule has 2 amide bonds. The van der Waals surface area contributed by atoms with Crippen LogP contribution in [0.2, 0.25) is 0 Å². The van der Waals surface area contributed by atoms with Crippen LogP contribution in [0.3, 0.4) is 0 Å². The number of hydrogen-bond donors (Lipinski definition) is 1. The van der Waals surface area contributed by atoms with E-state index in [1.165, 1.54) is 0 Å². The number of nitrogens with zero attached hydrogens (tertiary/aromatic N) is 1. The zero-order chi connectivity index (χ0) is 20.0. The number of ether oxygens (including phenoxy) is 2. The number of amides is 2. The summed E-state index contributed by atoms with van der Waals surface area (Å²) in [5, 5.41) is 2.83. The van der Waals surface area contributed by atoms with Crippen LogP contribution in [0.4, 0.5) is 5.69 Å². The SMILES string of the molecule is CC(C)(C(=O)Nc1ccc(OCc2ccccc2)cc1)C(=O)N1CCOCC1. The van der Waals surface area contributed by atoms with E-state index in [0.29, 0.717) is 44.3 Å². The maximum atomic E-state index is 12.7. The van der Waals surface area contributed by atoms with E-state index in [1.54, 1.807) is 43.0 Å². The largest absolute Gasteiger partial charge is 0.489 e. The van der Waals surface area contributed by atoms with Gasteiger partial charge in [0.1, 0.15) is 17.8 Å². The van der Waals surface area contributed by atoms with Crippen LogP contribution in [0, 0.1) is 5.41 Å². The van der Waals surface area contributed by atoms with E-state index in [1.807, 2.05) is 30.3 Å². The van der Waals surface area contributed by atoms with Crippen molar-refractivity contribution in [1.29, 1.82) is 0 Å². The standard InChI is InChI=1S/C22H26N2O4/c1-22(2,21(26)24-12-14-27-15-13-24)20(25)23-18-8-10-19(11-9-18)28-16-17-6-4-3-5-7-17/h3-11H,12-16H2,1-2H3,(H,23,25). The van der Waals surface area contributed by atoms with Gasteiger partial charge in [-0.05, 0) is 43.7 Å². The van der Waals surface area contributed by atoms with Crippen molar-refractivity contribution in [2.24, 2.45) is 5.41 Å². The van der Waals surface area contributed by atoms with Gasteiger partial charge in [-0.1, -0.05) is 30.3 Å². The summed E-state index contributed by atoms with van der Waals surface area (Å²) < 4.78 is 11.0. The van der Waals surface area contributed by atoms with Crippen LogP contribution in [-0.2, 0) is 20.9 Å². The van der Waals surface area contributed by atoms with Gasteiger partial charge < -0.3 is 19.7 Å². The van der Waals surface area contributed by atoms with Gasteiger partial charge in [-0.15, -0.1) is 0 Å². The van der Waals surface area contributed by atoms with Gasteiger partial charge in [-0.25, -0.2) is 0 Å². The fourth-order valence-corrected chi connectivity index (χ4v) is 2.92. The van der Waals surface area contributed by atoms with Crippen molar-refractivity contribution in [2.45, 2.75) is 20.5 Å². The molecule has 0 bridgehead atoms. The molecule has 0 unspecified atom stereocenters. The van der Waals surface area contributed by atoms with Gasteiger partial charge in [0.05, 0.1) is 13.2 Å². The number of anilines is 1. The smallest absolute Gasteiger partial charge is 0.239 e. The van der Waals surface area contributed by atoms with Gasteiger partial charge in [-0.3, -0.25) is 9.59 Å². The first-order valence-corrected chi connectivity index (χ1v) is 9.42. The van der Waals surface area contributed by atoms with Crippen molar-refractivity contribution in [3.05, 3.63) is 60.2 Å². The number of rotatable bonds is 6. The Kier molecular flexibility index (Phi) is 6.31. The highest BCUT2D eigenvalue weighted by atomic mass is 16.5. The molecular formula is C22H26N2O4. The Morgan fingerprint density at radius 3 is 2.32 bits per heavy atom. The molecule has 148 valence electrons. The highest BCUT2D eigenvalue weighted by molar-refractivity contribution is 6.09. The predicted octanol–water partition coefficient (Wildman–Crippen LogP) is 3.09. The molecule has 6 nitrogen and oxygen atoms in total. The summed E-state index contributed by atoms with van der Waals surface area (Å²) in [6, 6.07) is 17.1. The van der Waals surface area contributed by atoms with Gasteiger partial charge in [0.2, 0.25) is 11.8 Å². The minimum absolute atomic E-state index is 0.184. The van der Waals surface area contributed by atoms with Crippen molar-refractivity contribution >= 4 is 17.5 Å². The van der Waals surface area contributed by atoms with Crippen LogP contribution < -0.4 is 10.1 Å². The summed E-state index contributed by atoms with van der Waals surface area (Å²) in [5.41, 5.74) is 0.558. The van der Waals surface area contributed by atoms with E-state index in [-0.39, 0.29) is 11.8 Å². The fourth-order valence-electron chi connectivity index (χ4n) is 2.92. The number of carbonyl (C=O) groups is 2. The molecule has 28 heavy (non-hydrogen) atoms. The zero-order valence-corrected chi connectivity index (χ0v) is 16.3. The van der Waals surface area contributed by atoms with Gasteiger partial charge in [0.15, 0.2) is 0 Å². The van der Waals surface area contributed by atoms with E-state index in [9.17, 15) is 9.59 Å². The summed E-state index contributed by atoms with van der Waals surface area (Å²) in [6.07, 6.45) is 0. The quantitative estimate of drug-likeness (QED) is 0.780. The lowest BCUT2D eigenvalue weighted by Gasteiger charge is -2.33. The van der Waals surface area contributed by atoms with E-state index in [0.717, 1.165) is 5.56 Å². The minimum atomic E-state index is -1.15. The second-order valence-corrected chi connectivity index (χ2v) is 7.28. The highest BCUT2D eigenvalue weighted by Crippen LogP contribution is 2.24. The number of morpholine rings is 1. The van der Waals surface area contributed by atoms with E-state index < -0.39 is 5.41 Å². The van der Waals surface area contributed by atoms with E-state index in [2.05, 4.69) is 5.32 Å². The first-order chi connectivity index (χ1) is 13.5. The molecule has 1 saturated heterocycles. The Balaban J connectivity index is 1.56. The average molecular weight is 382 g/mol. The third kappa shape index (κ3) is 4.89. The summed E-state index contributed by atoms with van der Waals surface area (Å²) in [7, 11) is 0. The summed E-state index contributed by atoms with van der Waals surface area (Å²) >= 11 is 0. The maximum absolute atomic E-state index is 12.7. The topological polar surface area (TPSA) is 67.9 Å². The van der Waals surface area contributed by atoms with Crippen LogP contribution in [-0.4, -0.2) is 43.0 Å². The Morgan fingerprint density at radius 2 is 1.68 bits per heavy atom. The third-order valence-corrected chi connectivity index (χ3v) is 4.76. The Labute approximate surface area is 165 Å². The van der Waals surface area contributed by atoms with Gasteiger partial charge in [0.25, 0.3) is 0 Å². The molecule has 0 saturated carbocycles. The first-order valence-electron chi connectivity index (χ1n) is 9.42. The minimum Gasteiger partial charge on any atom is -0.489 e. The molecule has 2 aromatic rings. The second-order valence-electron chi connectivity index (χ2n) is 7.28. The Bertz CT molecular complexity index is 797. The van der Waals surface area contributed by atoms with Crippen LogP contribution in [0.5, 0.6) is 5.75 Å². The molecule has 6 heteroatoms. The van der Waals surface area contributed by atoms with Gasteiger partial charge in [0, 0.05) is 18.8 Å². The Morgan fingerprint density at radius 1 is 1.04 bits per heavy atom. The number of nitrogens with one attached hydrogen (secondary N) is 1. The second kappa shape index (κ2) is 8.89. The predicted molar refractivity (Wildman–Crippen MR) is 107 cm³/mol. The third-order valence-electron chi connectivity index (χ3n) is 4.76. The van der Waals surface area contributed by atoms with Crippen LogP contribution in [0.25, 0.3) is 0 Å². The molecule has 1 aliphatic rings. The molecule has 2 aromatic carbocycles. The lowest BCUT2D eigenvalue weighted by Crippen LogP contribution is -2.51. The van der Waals surface area contributed by atoms with Crippen molar-refractivity contribution in [2.75, 3.05) is 31.6 Å². The number of benzene rings is 2. The summed E-state index contributed by atoms with van der Waals surface area (Å²) in [4.78, 5) is 27.1. The monoisotopic (exact) mass is 382 g/mol. The summed E-state index contributed by atoms with van der Waals surface area (Å²) in [5.74, 6) is 0.198. The van der Waals surface area contributed by atoms with Crippen LogP contribution in [0.1, 0.15) is 19.4 Å². The molecule has 0 spiro atoms. The Hall–Kier alpha value is -2.86. The molecule has 1 aliphatic heterocycles. The van der Waals surface area contributed by atoms with E-state index >= 15 is 0 Å². The lowest BCUT2D eigenvalue weighted by molar-refractivity contribution is -0.149. The molecule has 3 rings (SSSR count). The van der Waals surface area contributed by atoms with E-state index in [4.69, 9.17) is 9.47 Å². The molecule has 0 aromatic heterocycles. The zero-order valence-electron chi connectivity index (χ0n) is 16.3. The molecule has 0 atom stereocenters. The number of carbonyl (C=O) groups excluding carboxylic acids is 2. The number of hydrogen-bond acceptors (Lipinski definition) is 4. The molecule has 0 radical (unpaired) electrons.